The van der Waals surface area contributed by atoms with Crippen LogP contribution in [0.1, 0.15) is 24.8 Å². The van der Waals surface area contributed by atoms with Gasteiger partial charge in [0.15, 0.2) is 11.5 Å². The van der Waals surface area contributed by atoms with Crippen molar-refractivity contribution in [2.45, 2.75) is 31.2 Å². The Morgan fingerprint density at radius 2 is 2.00 bits per heavy atom. The Balaban J connectivity index is 1.81. The molecule has 0 spiro atoms. The Kier molecular flexibility index (Phi) is 1.89. The minimum absolute atomic E-state index is 0.0354. The Morgan fingerprint density at radius 3 is 2.73 bits per heavy atom. The van der Waals surface area contributed by atoms with Crippen LogP contribution in [0.4, 0.5) is 0 Å². The van der Waals surface area contributed by atoms with Gasteiger partial charge in [-0.1, -0.05) is 6.07 Å². The maximum atomic E-state index is 6.21. The molecule has 80 valence electrons. The molecule has 3 rings (SSSR count). The van der Waals surface area contributed by atoms with Crippen LogP contribution >= 0.6 is 0 Å². The highest BCUT2D eigenvalue weighted by atomic mass is 16.7. The maximum Gasteiger partial charge on any atom is 0.231 e. The van der Waals surface area contributed by atoms with E-state index in [0.717, 1.165) is 30.8 Å². The van der Waals surface area contributed by atoms with Crippen molar-refractivity contribution < 1.29 is 9.47 Å². The molecule has 1 aromatic rings. The van der Waals surface area contributed by atoms with Gasteiger partial charge >= 0.3 is 0 Å². The summed E-state index contributed by atoms with van der Waals surface area (Å²) in [5.74, 6) is 1.70. The summed E-state index contributed by atoms with van der Waals surface area (Å²) < 4.78 is 10.6. The minimum atomic E-state index is 0.0354. The number of benzene rings is 1. The Bertz CT molecular complexity index is 385. The van der Waals surface area contributed by atoms with Crippen molar-refractivity contribution in [1.29, 1.82) is 0 Å². The van der Waals surface area contributed by atoms with E-state index < -0.39 is 0 Å². The molecule has 1 aliphatic carbocycles. The molecular formula is C12H15NO2. The van der Waals surface area contributed by atoms with Gasteiger partial charge in [0.2, 0.25) is 6.79 Å². The monoisotopic (exact) mass is 205 g/mol. The van der Waals surface area contributed by atoms with Gasteiger partial charge in [0.1, 0.15) is 0 Å². The molecule has 2 N–H and O–H groups in total. The molecule has 1 saturated carbocycles. The summed E-state index contributed by atoms with van der Waals surface area (Å²) in [7, 11) is 0. The van der Waals surface area contributed by atoms with Gasteiger partial charge in [0.25, 0.3) is 0 Å². The molecule has 1 aromatic carbocycles. The first-order chi connectivity index (χ1) is 7.25. The zero-order chi connectivity index (χ0) is 10.3. The Labute approximate surface area is 89.2 Å². The van der Waals surface area contributed by atoms with Crippen LogP contribution in [0, 0.1) is 0 Å². The zero-order valence-electron chi connectivity index (χ0n) is 8.66. The lowest BCUT2D eigenvalue weighted by Crippen LogP contribution is -2.48. The fourth-order valence-corrected chi connectivity index (χ4v) is 2.27. The van der Waals surface area contributed by atoms with Gasteiger partial charge in [-0.2, -0.15) is 0 Å². The topological polar surface area (TPSA) is 44.5 Å². The van der Waals surface area contributed by atoms with Crippen LogP contribution in [-0.4, -0.2) is 12.3 Å². The van der Waals surface area contributed by atoms with E-state index in [0.29, 0.717) is 6.79 Å². The van der Waals surface area contributed by atoms with E-state index in [9.17, 15) is 0 Å². The van der Waals surface area contributed by atoms with Crippen molar-refractivity contribution >= 4 is 0 Å². The lowest BCUT2D eigenvalue weighted by molar-refractivity contribution is 0.174. The van der Waals surface area contributed by atoms with Crippen molar-refractivity contribution in [3.63, 3.8) is 0 Å². The highest BCUT2D eigenvalue weighted by Gasteiger charge is 2.32. The molecule has 3 nitrogen and oxygen atoms in total. The summed E-state index contributed by atoms with van der Waals surface area (Å²) in [4.78, 5) is 0. The van der Waals surface area contributed by atoms with Crippen LogP contribution in [0.25, 0.3) is 0 Å². The van der Waals surface area contributed by atoms with Gasteiger partial charge in [0, 0.05) is 5.54 Å². The molecule has 0 saturated heterocycles. The molecule has 0 atom stereocenters. The van der Waals surface area contributed by atoms with E-state index in [1.807, 2.05) is 6.07 Å². The van der Waals surface area contributed by atoms with Crippen molar-refractivity contribution in [3.8, 4) is 11.5 Å². The minimum Gasteiger partial charge on any atom is -0.454 e. The van der Waals surface area contributed by atoms with Gasteiger partial charge in [-0.05, 0) is 43.4 Å². The van der Waals surface area contributed by atoms with E-state index in [4.69, 9.17) is 15.2 Å². The third-order valence-corrected chi connectivity index (χ3v) is 3.34. The van der Waals surface area contributed by atoms with E-state index in [-0.39, 0.29) is 5.54 Å². The first-order valence-electron chi connectivity index (χ1n) is 5.43. The van der Waals surface area contributed by atoms with Crippen molar-refractivity contribution in [3.05, 3.63) is 23.8 Å². The van der Waals surface area contributed by atoms with Crippen LogP contribution in [-0.2, 0) is 6.42 Å². The molecule has 1 heterocycles. The third-order valence-electron chi connectivity index (χ3n) is 3.34. The normalized spacial score (nSPS) is 21.1. The van der Waals surface area contributed by atoms with Gasteiger partial charge in [-0.25, -0.2) is 0 Å². The van der Waals surface area contributed by atoms with Gasteiger partial charge in [0.05, 0.1) is 0 Å². The second kappa shape index (κ2) is 3.14. The summed E-state index contributed by atoms with van der Waals surface area (Å²) in [5, 5.41) is 0. The Hall–Kier alpha value is -1.22. The summed E-state index contributed by atoms with van der Waals surface area (Å²) >= 11 is 0. The molecule has 0 amide bonds. The molecular weight excluding hydrogens is 190 g/mol. The van der Waals surface area contributed by atoms with Crippen molar-refractivity contribution in [2.75, 3.05) is 6.79 Å². The summed E-state index contributed by atoms with van der Waals surface area (Å²) in [5.41, 5.74) is 7.49. The molecule has 1 fully saturated rings. The fraction of sp³-hybridized carbons (Fsp3) is 0.500. The third kappa shape index (κ3) is 1.57. The molecule has 3 heteroatoms. The lowest BCUT2D eigenvalue weighted by Gasteiger charge is -2.38. The van der Waals surface area contributed by atoms with Crippen LogP contribution in [0.3, 0.4) is 0 Å². The van der Waals surface area contributed by atoms with Gasteiger partial charge in [-0.15, -0.1) is 0 Å². The first kappa shape index (κ1) is 9.04. The van der Waals surface area contributed by atoms with E-state index in [1.54, 1.807) is 0 Å². The first-order valence-corrected chi connectivity index (χ1v) is 5.43. The highest BCUT2D eigenvalue weighted by molar-refractivity contribution is 5.44. The second-order valence-corrected chi connectivity index (χ2v) is 4.58. The largest absolute Gasteiger partial charge is 0.454 e. The predicted molar refractivity (Wildman–Crippen MR) is 57.0 cm³/mol. The highest BCUT2D eigenvalue weighted by Crippen LogP contribution is 2.36. The fourth-order valence-electron chi connectivity index (χ4n) is 2.27. The smallest absolute Gasteiger partial charge is 0.231 e. The number of ether oxygens (including phenoxy) is 2. The zero-order valence-corrected chi connectivity index (χ0v) is 8.66. The SMILES string of the molecule is NC1(Cc2ccc3c(c2)OCO3)CCC1. The molecule has 0 unspecified atom stereocenters. The standard InChI is InChI=1S/C12H15NO2/c13-12(4-1-5-12)7-9-2-3-10-11(6-9)15-8-14-10/h2-3,6H,1,4-5,7-8,13H2. The number of hydrogen-bond acceptors (Lipinski definition) is 3. The van der Waals surface area contributed by atoms with Crippen molar-refractivity contribution in [2.24, 2.45) is 5.73 Å². The van der Waals surface area contributed by atoms with E-state index >= 15 is 0 Å². The van der Waals surface area contributed by atoms with E-state index in [1.165, 1.54) is 12.0 Å². The number of nitrogens with two attached hydrogens (primary N) is 1. The average Bonchev–Trinajstić information content (AvgIpc) is 2.62. The molecule has 15 heavy (non-hydrogen) atoms. The number of fused-ring (bicyclic) bond motifs is 1. The van der Waals surface area contributed by atoms with Crippen LogP contribution in [0.2, 0.25) is 0 Å². The lowest BCUT2D eigenvalue weighted by atomic mass is 9.74. The van der Waals surface area contributed by atoms with Crippen LogP contribution in [0.15, 0.2) is 18.2 Å². The maximum absolute atomic E-state index is 6.21. The molecule has 1 aliphatic heterocycles. The average molecular weight is 205 g/mol. The Morgan fingerprint density at radius 1 is 1.20 bits per heavy atom. The summed E-state index contributed by atoms with van der Waals surface area (Å²) in [6.07, 6.45) is 4.49. The van der Waals surface area contributed by atoms with Gasteiger partial charge in [-0.3, -0.25) is 0 Å². The molecule has 0 bridgehead atoms. The summed E-state index contributed by atoms with van der Waals surface area (Å²) in [6.45, 7) is 0.340. The predicted octanol–water partition coefficient (Wildman–Crippen LogP) is 1.84. The quantitative estimate of drug-likeness (QED) is 0.801. The van der Waals surface area contributed by atoms with Crippen molar-refractivity contribution in [1.82, 2.24) is 0 Å². The number of rotatable bonds is 2. The summed E-state index contributed by atoms with van der Waals surface area (Å²) in [6, 6.07) is 6.11. The van der Waals surface area contributed by atoms with Crippen LogP contribution < -0.4 is 15.2 Å². The molecule has 0 aromatic heterocycles. The van der Waals surface area contributed by atoms with E-state index in [2.05, 4.69) is 12.1 Å². The second-order valence-electron chi connectivity index (χ2n) is 4.58. The number of hydrogen-bond donors (Lipinski definition) is 1. The van der Waals surface area contributed by atoms with Crippen LogP contribution in [0.5, 0.6) is 11.5 Å². The van der Waals surface area contributed by atoms with Gasteiger partial charge < -0.3 is 15.2 Å². The molecule has 0 radical (unpaired) electrons. The molecule has 2 aliphatic rings.